The second-order valence-electron chi connectivity index (χ2n) is 8.77. The third-order valence-electron chi connectivity index (χ3n) is 6.62. The minimum Gasteiger partial charge on any atom is -0.481 e. The molecule has 2 unspecified atom stereocenters. The Hall–Kier alpha value is -3.50. The van der Waals surface area contributed by atoms with Crippen molar-refractivity contribution in [3.05, 3.63) is 68.7 Å². The Bertz CT molecular complexity index is 1610. The van der Waals surface area contributed by atoms with E-state index in [1.54, 1.807) is 0 Å². The lowest BCUT2D eigenvalue weighted by atomic mass is 9.97. The normalized spacial score (nSPS) is 15.2. The number of fused-ring (bicyclic) bond motifs is 3. The van der Waals surface area contributed by atoms with Gasteiger partial charge < -0.3 is 14.5 Å². The molecule has 182 valence electrons. The minimum atomic E-state index is -0.958. The molecule has 3 heterocycles. The van der Waals surface area contributed by atoms with Gasteiger partial charge in [0.1, 0.15) is 23.1 Å². The van der Waals surface area contributed by atoms with Crippen molar-refractivity contribution in [2.45, 2.75) is 38.0 Å². The Kier molecular flexibility index (Phi) is 5.65. The molecule has 0 amide bonds. The van der Waals surface area contributed by atoms with Gasteiger partial charge in [0, 0.05) is 28.9 Å². The maximum absolute atomic E-state index is 12.5. The first kappa shape index (κ1) is 22.9. The number of aliphatic carboxylic acids is 1. The maximum Gasteiger partial charge on any atom is 0.313 e. The van der Waals surface area contributed by atoms with Crippen molar-refractivity contribution in [1.82, 2.24) is 30.6 Å². The molecule has 1 aliphatic carbocycles. The van der Waals surface area contributed by atoms with E-state index >= 15 is 0 Å². The summed E-state index contributed by atoms with van der Waals surface area (Å²) in [5.41, 5.74) is 4.57. The minimum absolute atomic E-state index is 0.212. The van der Waals surface area contributed by atoms with Gasteiger partial charge in [-0.1, -0.05) is 55.3 Å². The number of halogens is 2. The molecule has 2 atom stereocenters. The van der Waals surface area contributed by atoms with Crippen molar-refractivity contribution in [2.75, 3.05) is 0 Å². The van der Waals surface area contributed by atoms with Crippen molar-refractivity contribution in [3.8, 4) is 22.7 Å². The number of imidazole rings is 1. The van der Waals surface area contributed by atoms with E-state index in [2.05, 4.69) is 53.4 Å². The lowest BCUT2D eigenvalue weighted by molar-refractivity contribution is -0.138. The summed E-state index contributed by atoms with van der Waals surface area (Å²) in [4.78, 5) is 20.1. The molecule has 0 saturated heterocycles. The van der Waals surface area contributed by atoms with Crippen LogP contribution in [-0.4, -0.2) is 41.7 Å². The smallest absolute Gasteiger partial charge is 0.313 e. The highest BCUT2D eigenvalue weighted by molar-refractivity contribution is 9.10. The average molecular weight is 568 g/mol. The number of benzene rings is 2. The number of hydrogen-bond donors (Lipinski definition) is 3. The second-order valence-corrected chi connectivity index (χ2v) is 9.92. The van der Waals surface area contributed by atoms with Gasteiger partial charge in [0.25, 0.3) is 0 Å². The van der Waals surface area contributed by atoms with E-state index in [4.69, 9.17) is 16.0 Å². The van der Waals surface area contributed by atoms with Crippen LogP contribution in [-0.2, 0) is 11.2 Å². The van der Waals surface area contributed by atoms with Gasteiger partial charge in [-0.15, -0.1) is 5.10 Å². The zero-order chi connectivity index (χ0) is 25.0. The monoisotopic (exact) mass is 566 g/mol. The highest BCUT2D eigenvalue weighted by Crippen LogP contribution is 2.58. The van der Waals surface area contributed by atoms with Gasteiger partial charge in [-0.05, 0) is 50.0 Å². The first-order chi connectivity index (χ1) is 17.5. The van der Waals surface area contributed by atoms with Crippen LogP contribution in [0.2, 0.25) is 5.15 Å². The van der Waals surface area contributed by atoms with Gasteiger partial charge in [-0.2, -0.15) is 0 Å². The number of furan rings is 1. The number of hydrogen-bond acceptors (Lipinski definition) is 6. The Balaban J connectivity index is 1.43. The predicted octanol–water partition coefficient (Wildman–Crippen LogP) is 6.08. The predicted molar refractivity (Wildman–Crippen MR) is 137 cm³/mol. The number of carboxylic acid groups (broad SMARTS) is 1. The Morgan fingerprint density at radius 3 is 2.78 bits per heavy atom. The number of nitrogens with one attached hydrogen (secondary N) is 2. The maximum atomic E-state index is 12.5. The van der Waals surface area contributed by atoms with E-state index in [0.29, 0.717) is 28.7 Å². The van der Waals surface area contributed by atoms with Crippen LogP contribution in [0.1, 0.15) is 54.2 Å². The van der Waals surface area contributed by atoms with E-state index in [-0.39, 0.29) is 11.1 Å². The zero-order valence-electron chi connectivity index (χ0n) is 19.0. The topological polar surface area (TPSA) is 134 Å². The molecule has 36 heavy (non-hydrogen) atoms. The fourth-order valence-corrected chi connectivity index (χ4v) is 5.88. The highest BCUT2D eigenvalue weighted by atomic mass is 79.9. The lowest BCUT2D eigenvalue weighted by Gasteiger charge is -2.10. The number of rotatable bonds is 8. The number of H-pyrrole nitrogens is 2. The summed E-state index contributed by atoms with van der Waals surface area (Å²) in [7, 11) is 0. The molecule has 3 N–H and O–H groups in total. The summed E-state index contributed by atoms with van der Waals surface area (Å²) in [6.07, 6.45) is 2.68. The molecule has 5 aromatic rings. The largest absolute Gasteiger partial charge is 0.481 e. The summed E-state index contributed by atoms with van der Waals surface area (Å²) in [6, 6.07) is 11.4. The first-order valence-corrected chi connectivity index (χ1v) is 12.7. The number of carbonyl (C=O) groups is 1. The van der Waals surface area contributed by atoms with Gasteiger partial charge in [-0.25, -0.2) is 10.1 Å². The van der Waals surface area contributed by atoms with Crippen molar-refractivity contribution in [3.63, 3.8) is 0 Å². The quantitative estimate of drug-likeness (QED) is 0.207. The molecule has 0 radical (unpaired) electrons. The van der Waals surface area contributed by atoms with Crippen LogP contribution in [0.3, 0.4) is 0 Å². The van der Waals surface area contributed by atoms with Crippen molar-refractivity contribution < 1.29 is 14.3 Å². The lowest BCUT2D eigenvalue weighted by Crippen LogP contribution is -2.14. The molecule has 0 saturated carbocycles. The van der Waals surface area contributed by atoms with Crippen LogP contribution in [0.5, 0.6) is 0 Å². The van der Waals surface area contributed by atoms with Gasteiger partial charge in [0.05, 0.1) is 10.2 Å². The van der Waals surface area contributed by atoms with Gasteiger partial charge >= 0.3 is 5.97 Å². The van der Waals surface area contributed by atoms with E-state index in [9.17, 15) is 9.90 Å². The SMILES string of the molecule is CCCCc1nc(Cl)c(C(C(=O)O)C2c3ccc4oc(-c5ccccc5-c5nnn[nH]5)c(Br)c4c32)[nH]1. The Morgan fingerprint density at radius 2 is 2.06 bits per heavy atom. The highest BCUT2D eigenvalue weighted by Gasteiger charge is 2.48. The second kappa shape index (κ2) is 8.86. The summed E-state index contributed by atoms with van der Waals surface area (Å²) < 4.78 is 7.03. The number of nitrogens with zero attached hydrogens (tertiary/aromatic N) is 4. The number of aryl methyl sites for hydroxylation is 1. The van der Waals surface area contributed by atoms with Crippen LogP contribution in [0.15, 0.2) is 45.3 Å². The third-order valence-corrected chi connectivity index (χ3v) is 7.66. The molecular formula is C25H20BrClN6O3. The number of unbranched alkanes of at least 4 members (excludes halogenated alkanes) is 1. The molecule has 1 aliphatic rings. The molecule has 0 aliphatic heterocycles. The molecular weight excluding hydrogens is 548 g/mol. The van der Waals surface area contributed by atoms with E-state index in [1.165, 1.54) is 0 Å². The summed E-state index contributed by atoms with van der Waals surface area (Å²) in [5, 5.41) is 25.5. The summed E-state index contributed by atoms with van der Waals surface area (Å²) in [5.74, 6) is -0.330. The first-order valence-electron chi connectivity index (χ1n) is 11.5. The zero-order valence-corrected chi connectivity index (χ0v) is 21.4. The van der Waals surface area contributed by atoms with Crippen LogP contribution in [0.25, 0.3) is 33.7 Å². The van der Waals surface area contributed by atoms with Crippen molar-refractivity contribution in [2.24, 2.45) is 0 Å². The number of tetrazole rings is 1. The van der Waals surface area contributed by atoms with Crippen molar-refractivity contribution in [1.29, 1.82) is 0 Å². The molecule has 2 aromatic carbocycles. The summed E-state index contributed by atoms with van der Waals surface area (Å²) in [6.45, 7) is 2.09. The van der Waals surface area contributed by atoms with Gasteiger partial charge in [0.15, 0.2) is 11.0 Å². The van der Waals surface area contributed by atoms with Gasteiger partial charge in [-0.3, -0.25) is 4.79 Å². The van der Waals surface area contributed by atoms with Crippen LogP contribution >= 0.6 is 27.5 Å². The molecule has 0 spiro atoms. The molecule has 0 bridgehead atoms. The Morgan fingerprint density at radius 1 is 1.25 bits per heavy atom. The van der Waals surface area contributed by atoms with Crippen LogP contribution in [0, 0.1) is 0 Å². The molecule has 3 aromatic heterocycles. The number of carboxylic acids is 1. The summed E-state index contributed by atoms with van der Waals surface area (Å²) >= 11 is 10.2. The van der Waals surface area contributed by atoms with E-state index < -0.39 is 11.9 Å². The fraction of sp³-hybridized carbons (Fsp3) is 0.240. The molecule has 6 rings (SSSR count). The average Bonchev–Trinajstić information content (AvgIpc) is 3.22. The molecule has 11 heteroatoms. The van der Waals surface area contributed by atoms with Crippen LogP contribution < -0.4 is 0 Å². The van der Waals surface area contributed by atoms with E-state index in [1.807, 2.05) is 36.4 Å². The Labute approximate surface area is 218 Å². The van der Waals surface area contributed by atoms with Crippen LogP contribution in [0.4, 0.5) is 0 Å². The third kappa shape index (κ3) is 3.63. The fourth-order valence-electron chi connectivity index (χ4n) is 4.91. The van der Waals surface area contributed by atoms with Crippen molar-refractivity contribution >= 4 is 44.5 Å². The number of aromatic amines is 2. The van der Waals surface area contributed by atoms with Gasteiger partial charge in [0.2, 0.25) is 0 Å². The molecule has 9 nitrogen and oxygen atoms in total. The number of aromatic nitrogens is 6. The standard InChI is InChI=1S/C25H20BrClN6O3/c1-2-3-8-15-28-21(23(27)29-15)19(25(34)35)17-13-9-10-14-18(16(13)17)20(26)22(36-14)11-6-4-5-7-12(11)24-30-32-33-31-24/h4-7,9-10,17,19H,2-3,8H2,1H3,(H,28,29)(H,34,35)(H,30,31,32,33). The molecule has 0 fully saturated rings. The van der Waals surface area contributed by atoms with E-state index in [0.717, 1.165) is 51.4 Å².